The lowest BCUT2D eigenvalue weighted by Crippen LogP contribution is -2.36. The largest absolute Gasteiger partial charge is 0.355 e. The van der Waals surface area contributed by atoms with Crippen LogP contribution in [0, 0.1) is 0 Å². The molecule has 7 nitrogen and oxygen atoms in total. The summed E-state index contributed by atoms with van der Waals surface area (Å²) in [5.74, 6) is 0.203. The minimum Gasteiger partial charge on any atom is -0.355 e. The van der Waals surface area contributed by atoms with Gasteiger partial charge in [0.15, 0.2) is 0 Å². The fourth-order valence-electron chi connectivity index (χ4n) is 3.93. The van der Waals surface area contributed by atoms with Crippen LogP contribution in [0.15, 0.2) is 48.1 Å². The number of pyridine rings is 1. The average molecular weight is 454 g/mol. The molecule has 1 aliphatic rings. The Bertz CT molecular complexity index is 1390. The fourth-order valence-corrected chi connectivity index (χ4v) is 6.09. The molecule has 0 saturated heterocycles. The highest BCUT2D eigenvalue weighted by Gasteiger charge is 2.24. The van der Waals surface area contributed by atoms with Gasteiger partial charge in [0, 0.05) is 36.1 Å². The number of rotatable bonds is 6. The molecule has 0 unspecified atom stereocenters. The Morgan fingerprint density at radius 3 is 2.94 bits per heavy atom. The van der Waals surface area contributed by atoms with Crippen LogP contribution in [0.5, 0.6) is 0 Å². The zero-order valence-corrected chi connectivity index (χ0v) is 18.8. The van der Waals surface area contributed by atoms with Crippen molar-refractivity contribution in [2.24, 2.45) is 0 Å². The molecule has 2 N–H and O–H groups in total. The van der Waals surface area contributed by atoms with Crippen LogP contribution in [0.2, 0.25) is 0 Å². The number of aromatic amines is 1. The van der Waals surface area contributed by atoms with Crippen molar-refractivity contribution in [3.8, 4) is 0 Å². The molecule has 9 heteroatoms. The molecule has 1 aliphatic heterocycles. The van der Waals surface area contributed by atoms with Crippen molar-refractivity contribution in [1.82, 2.24) is 19.3 Å². The topological polar surface area (TPSA) is 91.0 Å². The molecule has 4 heterocycles. The molecule has 1 aromatic carbocycles. The first-order valence-corrected chi connectivity index (χ1v) is 12.8. The minimum atomic E-state index is -3.16. The summed E-state index contributed by atoms with van der Waals surface area (Å²) in [6.07, 6.45) is 5.10. The SMILES string of the molecule is CCCS(=O)(=O)N1CC=C(c2cc3c(Nc4ccc5ncsc5c4)ccnc3[nH]2)CC1. The highest BCUT2D eigenvalue weighted by Crippen LogP contribution is 2.31. The Morgan fingerprint density at radius 1 is 1.23 bits per heavy atom. The molecule has 0 radical (unpaired) electrons. The zero-order valence-electron chi connectivity index (χ0n) is 17.1. The first-order valence-electron chi connectivity index (χ1n) is 10.3. The van der Waals surface area contributed by atoms with E-state index in [1.54, 1.807) is 21.8 Å². The van der Waals surface area contributed by atoms with Crippen LogP contribution >= 0.6 is 11.3 Å². The van der Waals surface area contributed by atoms with E-state index in [1.165, 1.54) is 0 Å². The lowest BCUT2D eigenvalue weighted by atomic mass is 10.1. The summed E-state index contributed by atoms with van der Waals surface area (Å²) < 4.78 is 27.4. The van der Waals surface area contributed by atoms with Gasteiger partial charge in [-0.25, -0.2) is 18.4 Å². The summed E-state index contributed by atoms with van der Waals surface area (Å²) >= 11 is 1.62. The van der Waals surface area contributed by atoms with Gasteiger partial charge in [0.2, 0.25) is 10.0 Å². The number of hydrogen-bond donors (Lipinski definition) is 2. The Balaban J connectivity index is 1.41. The van der Waals surface area contributed by atoms with Crippen LogP contribution < -0.4 is 5.32 Å². The number of fused-ring (bicyclic) bond motifs is 2. The van der Waals surface area contributed by atoms with E-state index in [2.05, 4.69) is 32.4 Å². The lowest BCUT2D eigenvalue weighted by molar-refractivity contribution is 0.440. The van der Waals surface area contributed by atoms with Crippen molar-refractivity contribution in [1.29, 1.82) is 0 Å². The molecule has 0 saturated carbocycles. The number of hydrogen-bond acceptors (Lipinski definition) is 6. The molecule has 0 atom stereocenters. The van der Waals surface area contributed by atoms with Gasteiger partial charge in [0.1, 0.15) is 5.65 Å². The van der Waals surface area contributed by atoms with Crippen LogP contribution in [0.3, 0.4) is 0 Å². The van der Waals surface area contributed by atoms with Gasteiger partial charge in [-0.2, -0.15) is 4.31 Å². The molecule has 0 bridgehead atoms. The Kier molecular flexibility index (Phi) is 5.25. The summed E-state index contributed by atoms with van der Waals surface area (Å²) in [6.45, 7) is 2.82. The predicted octanol–water partition coefficient (Wildman–Crippen LogP) is 4.75. The lowest BCUT2D eigenvalue weighted by Gasteiger charge is -2.25. The van der Waals surface area contributed by atoms with Crippen LogP contribution in [0.25, 0.3) is 26.8 Å². The quantitative estimate of drug-likeness (QED) is 0.440. The molecule has 4 aromatic rings. The first kappa shape index (κ1) is 20.2. The number of sulfonamides is 1. The maximum atomic E-state index is 12.3. The van der Waals surface area contributed by atoms with Gasteiger partial charge >= 0.3 is 0 Å². The molecular weight excluding hydrogens is 430 g/mol. The third-order valence-electron chi connectivity index (χ3n) is 5.52. The van der Waals surface area contributed by atoms with Crippen molar-refractivity contribution in [2.75, 3.05) is 24.2 Å². The van der Waals surface area contributed by atoms with Crippen LogP contribution in [-0.4, -0.2) is 46.5 Å². The number of thiazole rings is 1. The Labute approximate surface area is 184 Å². The van der Waals surface area contributed by atoms with Gasteiger partial charge in [0.05, 0.1) is 27.2 Å². The van der Waals surface area contributed by atoms with Crippen molar-refractivity contribution in [3.05, 3.63) is 53.8 Å². The molecule has 0 spiro atoms. The minimum absolute atomic E-state index is 0.203. The van der Waals surface area contributed by atoms with Gasteiger partial charge in [-0.3, -0.25) is 0 Å². The maximum absolute atomic E-state index is 12.3. The van der Waals surface area contributed by atoms with Gasteiger partial charge in [-0.1, -0.05) is 13.0 Å². The number of benzene rings is 1. The monoisotopic (exact) mass is 453 g/mol. The highest BCUT2D eigenvalue weighted by molar-refractivity contribution is 7.89. The standard InChI is InChI=1S/C22H23N5O2S2/c1-2-11-31(28,29)27-9-6-15(7-10-27)20-13-17-18(5-8-23-22(17)26-20)25-16-3-4-19-21(12-16)30-14-24-19/h3-6,8,12-14H,2,7,9-11H2,1H3,(H2,23,25,26). The van der Waals surface area contributed by atoms with E-state index in [4.69, 9.17) is 0 Å². The van der Waals surface area contributed by atoms with Gasteiger partial charge in [0.25, 0.3) is 0 Å². The second-order valence-corrected chi connectivity index (χ2v) is 10.6. The number of H-pyrrole nitrogens is 1. The summed E-state index contributed by atoms with van der Waals surface area (Å²) in [7, 11) is -3.16. The van der Waals surface area contributed by atoms with Crippen molar-refractivity contribution in [3.63, 3.8) is 0 Å². The van der Waals surface area contributed by atoms with Crippen molar-refractivity contribution in [2.45, 2.75) is 19.8 Å². The van der Waals surface area contributed by atoms with Crippen molar-refractivity contribution < 1.29 is 8.42 Å². The number of nitrogens with one attached hydrogen (secondary N) is 2. The van der Waals surface area contributed by atoms with E-state index in [9.17, 15) is 8.42 Å². The van der Waals surface area contributed by atoms with E-state index in [0.717, 1.165) is 43.9 Å². The molecule has 0 amide bonds. The van der Waals surface area contributed by atoms with Crippen LogP contribution in [0.4, 0.5) is 11.4 Å². The highest BCUT2D eigenvalue weighted by atomic mass is 32.2. The maximum Gasteiger partial charge on any atom is 0.214 e. The first-order chi connectivity index (χ1) is 15.0. The van der Waals surface area contributed by atoms with E-state index in [0.29, 0.717) is 25.9 Å². The molecule has 0 fully saturated rings. The molecular formula is C22H23N5O2S2. The average Bonchev–Trinajstić information content (AvgIpc) is 3.41. The third-order valence-corrected chi connectivity index (χ3v) is 8.35. The normalized spacial score (nSPS) is 15.5. The summed E-state index contributed by atoms with van der Waals surface area (Å²) in [5, 5.41) is 4.50. The van der Waals surface area contributed by atoms with Gasteiger partial charge in [-0.15, -0.1) is 11.3 Å². The van der Waals surface area contributed by atoms with Crippen LogP contribution in [0.1, 0.15) is 25.5 Å². The Hall–Kier alpha value is -2.75. The van der Waals surface area contributed by atoms with Crippen molar-refractivity contribution >= 4 is 59.6 Å². The van der Waals surface area contributed by atoms with Crippen LogP contribution in [-0.2, 0) is 10.0 Å². The second kappa shape index (κ2) is 8.07. The number of nitrogens with zero attached hydrogens (tertiary/aromatic N) is 3. The Morgan fingerprint density at radius 2 is 2.13 bits per heavy atom. The second-order valence-electron chi connectivity index (χ2n) is 7.62. The van der Waals surface area contributed by atoms with E-state index in [-0.39, 0.29) is 5.75 Å². The summed E-state index contributed by atoms with van der Waals surface area (Å²) in [5.41, 5.74) is 7.74. The van der Waals surface area contributed by atoms with Gasteiger partial charge < -0.3 is 10.3 Å². The molecule has 160 valence electrons. The smallest absolute Gasteiger partial charge is 0.214 e. The molecule has 31 heavy (non-hydrogen) atoms. The predicted molar refractivity (Wildman–Crippen MR) is 127 cm³/mol. The number of anilines is 2. The molecule has 3 aromatic heterocycles. The summed E-state index contributed by atoms with van der Waals surface area (Å²) in [6, 6.07) is 10.2. The van der Waals surface area contributed by atoms with E-state index >= 15 is 0 Å². The van der Waals surface area contributed by atoms with E-state index in [1.807, 2.05) is 36.7 Å². The van der Waals surface area contributed by atoms with E-state index < -0.39 is 10.0 Å². The zero-order chi connectivity index (χ0) is 21.4. The number of aromatic nitrogens is 3. The fraction of sp³-hybridized carbons (Fsp3) is 0.273. The molecule has 5 rings (SSSR count). The summed E-state index contributed by atoms with van der Waals surface area (Å²) in [4.78, 5) is 12.2. The third kappa shape index (κ3) is 3.96. The molecule has 0 aliphatic carbocycles. The van der Waals surface area contributed by atoms with Gasteiger partial charge in [-0.05, 0) is 48.7 Å².